The first-order valence-electron chi connectivity index (χ1n) is 14.9. The summed E-state index contributed by atoms with van der Waals surface area (Å²) >= 11 is 0. The first kappa shape index (κ1) is 36.2. The third-order valence-corrected chi connectivity index (χ3v) is 7.47. The van der Waals surface area contributed by atoms with Crippen molar-refractivity contribution in [3.63, 3.8) is 0 Å². The van der Waals surface area contributed by atoms with Gasteiger partial charge in [0.1, 0.15) is 5.56 Å². The first-order valence-corrected chi connectivity index (χ1v) is 14.9. The Morgan fingerprint density at radius 1 is 0.830 bits per heavy atom. The number of ketones is 2. The second-order valence-corrected chi connectivity index (χ2v) is 11.3. The largest absolute Gasteiger partial charge is 0.370 e. The molecule has 0 spiro atoms. The number of anilines is 1. The lowest BCUT2D eigenvalue weighted by atomic mass is 9.88. The van der Waals surface area contributed by atoms with E-state index in [0.717, 1.165) is 12.1 Å². The smallest absolute Gasteiger partial charge is 0.281 e. The summed E-state index contributed by atoms with van der Waals surface area (Å²) in [6.45, 7) is 3.46. The number of hydrogen-bond donors (Lipinski definition) is 5. The summed E-state index contributed by atoms with van der Waals surface area (Å²) in [6.07, 6.45) is 0.267. The number of nitro benzene ring substituents is 1. The zero-order valence-electron chi connectivity index (χ0n) is 26.2. The number of carbonyl (C=O) groups excluding carboxylic acids is 4. The third kappa shape index (κ3) is 8.91. The highest BCUT2D eigenvalue weighted by atomic mass is 16.6. The highest BCUT2D eigenvalue weighted by Crippen LogP contribution is 2.35. The van der Waals surface area contributed by atoms with Gasteiger partial charge >= 0.3 is 0 Å². The zero-order chi connectivity index (χ0) is 34.8. The summed E-state index contributed by atoms with van der Waals surface area (Å²) in [4.78, 5) is 72.4. The number of imide groups is 1. The molecule has 0 bridgehead atoms. The predicted molar refractivity (Wildman–Crippen MR) is 179 cm³/mol. The van der Waals surface area contributed by atoms with Crippen molar-refractivity contribution in [2.45, 2.75) is 51.2 Å². The molecule has 0 saturated heterocycles. The Kier molecular flexibility index (Phi) is 12.5. The highest BCUT2D eigenvalue weighted by molar-refractivity contribution is 6.26. The number of hydrogen-bond acceptors (Lipinski definition) is 10. The van der Waals surface area contributed by atoms with Crippen LogP contribution in [-0.2, 0) is 16.0 Å². The topological polar surface area (TPSA) is 257 Å². The fourth-order valence-corrected chi connectivity index (χ4v) is 4.87. The summed E-state index contributed by atoms with van der Waals surface area (Å²) in [7, 11) is 0. The predicted octanol–water partition coefficient (Wildman–Crippen LogP) is 1.80. The number of carbonyl (C=O) groups is 4. The van der Waals surface area contributed by atoms with Crippen LogP contribution in [0.5, 0.6) is 0 Å². The molecule has 3 aromatic carbocycles. The Labute approximate surface area is 272 Å². The lowest BCUT2D eigenvalue weighted by molar-refractivity contribution is -0.385. The van der Waals surface area contributed by atoms with Crippen molar-refractivity contribution in [2.24, 2.45) is 39.6 Å². The molecule has 47 heavy (non-hydrogen) atoms. The number of nitrogens with two attached hydrogens (primary N) is 5. The molecule has 248 valence electrons. The fourth-order valence-electron chi connectivity index (χ4n) is 4.87. The molecular weight excluding hydrogens is 604 g/mol. The molecule has 0 aliphatic rings. The van der Waals surface area contributed by atoms with Crippen LogP contribution in [0, 0.1) is 16.0 Å². The number of nitrogens with zero attached hydrogens (tertiary/aromatic N) is 3. The average Bonchev–Trinajstić information content (AvgIpc) is 3.05. The van der Waals surface area contributed by atoms with E-state index in [0.29, 0.717) is 10.5 Å². The van der Waals surface area contributed by atoms with Gasteiger partial charge in [-0.1, -0.05) is 74.5 Å². The molecule has 0 saturated carbocycles. The van der Waals surface area contributed by atoms with Gasteiger partial charge in [0.2, 0.25) is 5.78 Å². The molecule has 0 heterocycles. The van der Waals surface area contributed by atoms with E-state index in [2.05, 4.69) is 4.99 Å². The van der Waals surface area contributed by atoms with Crippen molar-refractivity contribution in [1.29, 1.82) is 0 Å². The molecule has 0 fully saturated rings. The second-order valence-electron chi connectivity index (χ2n) is 11.3. The zero-order valence-corrected chi connectivity index (χ0v) is 26.2. The van der Waals surface area contributed by atoms with Crippen LogP contribution >= 0.6 is 0 Å². The van der Waals surface area contributed by atoms with Crippen LogP contribution in [0.2, 0.25) is 0 Å². The van der Waals surface area contributed by atoms with E-state index in [1.165, 1.54) is 12.1 Å². The SMILES string of the molecule is CC(C)C(N)C(=O)N(C(=O)C(N)CCCN=C(N)N)c1ccc([N+](=O)[O-])c(C(=O)c2ccccc2)c1C(=O)C(N)Cc1ccccc1. The Morgan fingerprint density at radius 3 is 1.98 bits per heavy atom. The van der Waals surface area contributed by atoms with Crippen LogP contribution < -0.4 is 33.6 Å². The van der Waals surface area contributed by atoms with Gasteiger partial charge < -0.3 is 28.7 Å². The minimum atomic E-state index is -1.33. The van der Waals surface area contributed by atoms with E-state index < -0.39 is 74.8 Å². The molecule has 0 aromatic heterocycles. The molecule has 10 N–H and O–H groups in total. The first-order chi connectivity index (χ1) is 22.3. The molecule has 3 rings (SSSR count). The Morgan fingerprint density at radius 2 is 1.43 bits per heavy atom. The van der Waals surface area contributed by atoms with Gasteiger partial charge in [0.15, 0.2) is 11.7 Å². The van der Waals surface area contributed by atoms with E-state index in [9.17, 15) is 29.3 Å². The van der Waals surface area contributed by atoms with E-state index in [1.807, 2.05) is 0 Å². The van der Waals surface area contributed by atoms with Crippen molar-refractivity contribution < 1.29 is 24.1 Å². The maximum Gasteiger partial charge on any atom is 0.281 e. The average molecular weight is 645 g/mol. The Balaban J connectivity index is 2.32. The maximum absolute atomic E-state index is 14.3. The van der Waals surface area contributed by atoms with Gasteiger partial charge in [-0.3, -0.25) is 34.3 Å². The van der Waals surface area contributed by atoms with Crippen LogP contribution in [0.4, 0.5) is 11.4 Å². The molecule has 3 atom stereocenters. The minimum Gasteiger partial charge on any atom is -0.370 e. The van der Waals surface area contributed by atoms with Gasteiger partial charge in [0.05, 0.1) is 34.3 Å². The van der Waals surface area contributed by atoms with E-state index in [-0.39, 0.29) is 37.3 Å². The number of rotatable bonds is 15. The lowest BCUT2D eigenvalue weighted by Gasteiger charge is -2.30. The standard InChI is InChI=1S/C33H40N8O6/c1-19(2)28(36)32(45)40(31(44)22(34)14-9-17-39-33(37)38)24-15-16-25(41(46)47)27(29(42)21-12-7-4-8-13-21)26(24)30(43)23(35)18-20-10-5-3-6-11-20/h3-8,10-13,15-16,19,22-23,28H,9,14,17-18,34-36H2,1-2H3,(H4,37,38,39). The van der Waals surface area contributed by atoms with Gasteiger partial charge in [-0.2, -0.15) is 0 Å². The molecule has 14 heteroatoms. The number of amides is 2. The van der Waals surface area contributed by atoms with Crippen molar-refractivity contribution in [1.82, 2.24) is 0 Å². The van der Waals surface area contributed by atoms with Gasteiger partial charge in [0.25, 0.3) is 17.5 Å². The van der Waals surface area contributed by atoms with Crippen molar-refractivity contribution in [3.8, 4) is 0 Å². The van der Waals surface area contributed by atoms with Crippen molar-refractivity contribution in [3.05, 3.63) is 105 Å². The Hall–Kier alpha value is -5.31. The molecule has 0 aliphatic heterocycles. The fraction of sp³-hybridized carbons (Fsp3) is 0.303. The lowest BCUT2D eigenvalue weighted by Crippen LogP contribution is -2.54. The number of Topliss-reactive ketones (excluding diaryl/α,β-unsaturated/α-hetero) is 1. The molecule has 2 amide bonds. The number of benzene rings is 3. The summed E-state index contributed by atoms with van der Waals surface area (Å²) in [5.74, 6) is -4.29. The third-order valence-electron chi connectivity index (χ3n) is 7.47. The minimum absolute atomic E-state index is 0.0154. The van der Waals surface area contributed by atoms with Crippen LogP contribution in [0.25, 0.3) is 0 Å². The molecule has 0 radical (unpaired) electrons. The Bertz CT molecular complexity index is 1640. The molecule has 3 unspecified atom stereocenters. The summed E-state index contributed by atoms with van der Waals surface area (Å²) in [5, 5.41) is 12.3. The van der Waals surface area contributed by atoms with E-state index >= 15 is 0 Å². The quantitative estimate of drug-likeness (QED) is 0.0398. The van der Waals surface area contributed by atoms with Gasteiger partial charge in [0, 0.05) is 18.2 Å². The van der Waals surface area contributed by atoms with Gasteiger partial charge in [-0.25, -0.2) is 4.90 Å². The van der Waals surface area contributed by atoms with Crippen molar-refractivity contribution in [2.75, 3.05) is 11.4 Å². The maximum atomic E-state index is 14.3. The number of guanidine groups is 1. The van der Waals surface area contributed by atoms with Crippen molar-refractivity contribution >= 4 is 40.7 Å². The number of aliphatic imine (C=N–C) groups is 1. The summed E-state index contributed by atoms with van der Waals surface area (Å²) in [6, 6.07) is 14.5. The normalized spacial score (nSPS) is 12.9. The summed E-state index contributed by atoms with van der Waals surface area (Å²) in [5.41, 5.74) is 28.0. The summed E-state index contributed by atoms with van der Waals surface area (Å²) < 4.78 is 0. The van der Waals surface area contributed by atoms with E-state index in [4.69, 9.17) is 28.7 Å². The van der Waals surface area contributed by atoms with Crippen LogP contribution in [0.3, 0.4) is 0 Å². The second kappa shape index (κ2) is 16.3. The van der Waals surface area contributed by atoms with Gasteiger partial charge in [-0.05, 0) is 36.8 Å². The molecule has 0 aliphatic carbocycles. The van der Waals surface area contributed by atoms with Crippen LogP contribution in [0.1, 0.15) is 58.5 Å². The van der Waals surface area contributed by atoms with E-state index in [1.54, 1.807) is 62.4 Å². The van der Waals surface area contributed by atoms with Crippen LogP contribution in [0.15, 0.2) is 77.8 Å². The molecule has 3 aromatic rings. The van der Waals surface area contributed by atoms with Gasteiger partial charge in [-0.15, -0.1) is 0 Å². The highest BCUT2D eigenvalue weighted by Gasteiger charge is 2.40. The number of nitro groups is 1. The monoisotopic (exact) mass is 644 g/mol. The van der Waals surface area contributed by atoms with Crippen LogP contribution in [-0.4, -0.2) is 58.9 Å². The molecular formula is C33H40N8O6. The molecule has 14 nitrogen and oxygen atoms in total.